The van der Waals surface area contributed by atoms with Crippen LogP contribution in [0.5, 0.6) is 0 Å². The van der Waals surface area contributed by atoms with E-state index in [-0.39, 0.29) is 50.5 Å². The molecule has 0 aliphatic carbocycles. The predicted molar refractivity (Wildman–Crippen MR) is 61.7 cm³/mol. The average Bonchev–Trinajstić information content (AvgIpc) is 2.25. The predicted octanol–water partition coefficient (Wildman–Crippen LogP) is 0.811. The molecule has 6 heteroatoms. The lowest BCUT2D eigenvalue weighted by Gasteiger charge is -2.04. The highest BCUT2D eigenvalue weighted by atomic mass is 16.5. The molecule has 0 unspecified atom stereocenters. The molecule has 0 rings (SSSR count). The Bertz CT molecular complexity index is 289. The summed E-state index contributed by atoms with van der Waals surface area (Å²) < 4.78 is 9.45. The normalized spacial score (nSPS) is 9.67. The van der Waals surface area contributed by atoms with E-state index in [4.69, 9.17) is 9.47 Å². The maximum absolute atomic E-state index is 11.1. The summed E-state index contributed by atoms with van der Waals surface area (Å²) in [5, 5.41) is 0. The molecule has 0 aromatic heterocycles. The second-order valence-corrected chi connectivity index (χ2v) is 3.84. The lowest BCUT2D eigenvalue weighted by molar-refractivity contribution is -0.151. The molecule has 0 radical (unpaired) electrons. The Labute approximate surface area is 106 Å². The molecule has 102 valence electrons. The van der Waals surface area contributed by atoms with Gasteiger partial charge in [0.15, 0.2) is 0 Å². The number of ketones is 2. The van der Waals surface area contributed by atoms with Gasteiger partial charge >= 0.3 is 11.9 Å². The maximum Gasteiger partial charge on any atom is 0.306 e. The zero-order valence-electron chi connectivity index (χ0n) is 10.7. The molecule has 0 heterocycles. The molecule has 0 bridgehead atoms. The smallest absolute Gasteiger partial charge is 0.306 e. The van der Waals surface area contributed by atoms with Gasteiger partial charge in [-0.2, -0.15) is 0 Å². The maximum atomic E-state index is 11.1. The van der Waals surface area contributed by atoms with Gasteiger partial charge in [-0.3, -0.25) is 19.2 Å². The molecule has 0 saturated carbocycles. The highest BCUT2D eigenvalue weighted by molar-refractivity contribution is 5.79. The van der Waals surface area contributed by atoms with Crippen molar-refractivity contribution in [3.63, 3.8) is 0 Å². The Balaban J connectivity index is 3.56. The van der Waals surface area contributed by atoms with Gasteiger partial charge < -0.3 is 9.47 Å². The first-order valence-corrected chi connectivity index (χ1v) is 5.72. The minimum absolute atomic E-state index is 0.0353. The summed E-state index contributed by atoms with van der Waals surface area (Å²) in [6.45, 7) is 2.88. The number of carbonyl (C=O) groups is 4. The Hall–Kier alpha value is -1.72. The molecule has 0 amide bonds. The van der Waals surface area contributed by atoms with Crippen LogP contribution in [0, 0.1) is 0 Å². The lowest BCUT2D eigenvalue weighted by Crippen LogP contribution is -2.13. The van der Waals surface area contributed by atoms with Crippen LogP contribution < -0.4 is 0 Å². The number of rotatable bonds is 9. The fourth-order valence-corrected chi connectivity index (χ4v) is 0.966. The van der Waals surface area contributed by atoms with Gasteiger partial charge in [-0.1, -0.05) is 0 Å². The van der Waals surface area contributed by atoms with Crippen molar-refractivity contribution in [1.82, 2.24) is 0 Å². The van der Waals surface area contributed by atoms with Crippen LogP contribution in [-0.2, 0) is 28.7 Å². The van der Waals surface area contributed by atoms with Crippen LogP contribution in [0.25, 0.3) is 0 Å². The van der Waals surface area contributed by atoms with Gasteiger partial charge in [0.25, 0.3) is 0 Å². The summed E-state index contributed by atoms with van der Waals surface area (Å²) in [4.78, 5) is 43.4. The van der Waals surface area contributed by atoms with Crippen molar-refractivity contribution >= 4 is 23.5 Å². The first-order chi connectivity index (χ1) is 8.41. The number of esters is 2. The number of hydrogen-bond acceptors (Lipinski definition) is 6. The zero-order chi connectivity index (χ0) is 14.0. The summed E-state index contributed by atoms with van der Waals surface area (Å²) in [5.41, 5.74) is 0. The average molecular weight is 258 g/mol. The van der Waals surface area contributed by atoms with Gasteiger partial charge in [-0.05, 0) is 13.8 Å². The van der Waals surface area contributed by atoms with Crippen LogP contribution in [0.3, 0.4) is 0 Å². The highest BCUT2D eigenvalue weighted by Gasteiger charge is 2.09. The van der Waals surface area contributed by atoms with Crippen molar-refractivity contribution in [2.75, 3.05) is 13.2 Å². The Morgan fingerprint density at radius 3 is 1.28 bits per heavy atom. The highest BCUT2D eigenvalue weighted by Crippen LogP contribution is 1.98. The van der Waals surface area contributed by atoms with Gasteiger partial charge in [0, 0.05) is 12.8 Å². The van der Waals surface area contributed by atoms with E-state index in [1.165, 1.54) is 13.8 Å². The minimum atomic E-state index is -0.542. The monoisotopic (exact) mass is 258 g/mol. The van der Waals surface area contributed by atoms with Crippen LogP contribution >= 0.6 is 0 Å². The molecule has 0 spiro atoms. The first kappa shape index (κ1) is 16.3. The first-order valence-electron chi connectivity index (χ1n) is 5.72. The van der Waals surface area contributed by atoms with Crippen molar-refractivity contribution in [2.24, 2.45) is 0 Å². The number of Topliss-reactive ketones (excluding diaryl/α,β-unsaturated/α-hetero) is 2. The van der Waals surface area contributed by atoms with E-state index in [9.17, 15) is 19.2 Å². The number of ether oxygens (including phenoxy) is 2. The van der Waals surface area contributed by atoms with Crippen LogP contribution in [0.4, 0.5) is 0 Å². The third-order valence-electron chi connectivity index (χ3n) is 1.97. The summed E-state index contributed by atoms with van der Waals surface area (Å²) in [6, 6.07) is 0. The summed E-state index contributed by atoms with van der Waals surface area (Å²) in [7, 11) is 0. The quantitative estimate of drug-likeness (QED) is 0.569. The number of hydrogen-bond donors (Lipinski definition) is 0. The van der Waals surface area contributed by atoms with Crippen LogP contribution in [0.1, 0.15) is 39.5 Å². The molecule has 0 atom stereocenters. The van der Waals surface area contributed by atoms with Crippen molar-refractivity contribution in [3.8, 4) is 0 Å². The van der Waals surface area contributed by atoms with Gasteiger partial charge in [0.05, 0.1) is 26.1 Å². The van der Waals surface area contributed by atoms with Crippen LogP contribution in [0.2, 0.25) is 0 Å². The minimum Gasteiger partial charge on any atom is -0.465 e. The van der Waals surface area contributed by atoms with E-state index in [1.807, 2.05) is 0 Å². The van der Waals surface area contributed by atoms with E-state index in [1.54, 1.807) is 0 Å². The second kappa shape index (κ2) is 9.32. The number of carbonyl (C=O) groups excluding carboxylic acids is 4. The summed E-state index contributed by atoms with van der Waals surface area (Å²) in [6.07, 6.45) is 0.178. The summed E-state index contributed by atoms with van der Waals surface area (Å²) >= 11 is 0. The molecule has 0 aliphatic rings. The molecular formula is C12H18O6. The molecule has 0 fully saturated rings. The molecule has 0 aromatic carbocycles. The van der Waals surface area contributed by atoms with Crippen molar-refractivity contribution < 1.29 is 28.7 Å². The van der Waals surface area contributed by atoms with Crippen molar-refractivity contribution in [2.45, 2.75) is 39.5 Å². The molecule has 0 saturated heterocycles. The van der Waals surface area contributed by atoms with Gasteiger partial charge in [0.1, 0.15) is 11.6 Å². The molecule has 0 aromatic rings. The fraction of sp³-hybridized carbons (Fsp3) is 0.667. The van der Waals surface area contributed by atoms with Crippen LogP contribution in [0.15, 0.2) is 0 Å². The standard InChI is InChI=1S/C12H18O6/c1-9(13)5-7-17-11(15)3-4-12(16)18-8-6-10(2)14/h3-8H2,1-2H3. The largest absolute Gasteiger partial charge is 0.465 e. The van der Waals surface area contributed by atoms with E-state index < -0.39 is 11.9 Å². The van der Waals surface area contributed by atoms with E-state index in [0.29, 0.717) is 0 Å². The SMILES string of the molecule is CC(=O)CCOC(=O)CCC(=O)OCCC(C)=O. The van der Waals surface area contributed by atoms with E-state index in [0.717, 1.165) is 0 Å². The van der Waals surface area contributed by atoms with Crippen LogP contribution in [-0.4, -0.2) is 36.7 Å². The Morgan fingerprint density at radius 1 is 0.667 bits per heavy atom. The van der Waals surface area contributed by atoms with E-state index >= 15 is 0 Å². The van der Waals surface area contributed by atoms with Crippen molar-refractivity contribution in [1.29, 1.82) is 0 Å². The molecular weight excluding hydrogens is 240 g/mol. The molecule has 0 N–H and O–H groups in total. The zero-order valence-corrected chi connectivity index (χ0v) is 10.7. The Kier molecular flexibility index (Phi) is 8.43. The molecule has 6 nitrogen and oxygen atoms in total. The van der Waals surface area contributed by atoms with Gasteiger partial charge in [-0.25, -0.2) is 0 Å². The fourth-order valence-electron chi connectivity index (χ4n) is 0.966. The second-order valence-electron chi connectivity index (χ2n) is 3.84. The third kappa shape index (κ3) is 10.8. The van der Waals surface area contributed by atoms with Gasteiger partial charge in [0.2, 0.25) is 0 Å². The Morgan fingerprint density at radius 2 is 1.00 bits per heavy atom. The third-order valence-corrected chi connectivity index (χ3v) is 1.97. The topological polar surface area (TPSA) is 86.7 Å². The molecule has 18 heavy (non-hydrogen) atoms. The van der Waals surface area contributed by atoms with Crippen molar-refractivity contribution in [3.05, 3.63) is 0 Å². The lowest BCUT2D eigenvalue weighted by atomic mass is 10.3. The summed E-state index contributed by atoms with van der Waals surface area (Å²) in [5.74, 6) is -1.21. The van der Waals surface area contributed by atoms with E-state index in [2.05, 4.69) is 0 Å². The molecule has 0 aliphatic heterocycles. The van der Waals surface area contributed by atoms with Gasteiger partial charge in [-0.15, -0.1) is 0 Å².